The smallest absolute Gasteiger partial charge is 0.344 e. The molecule has 26 heavy (non-hydrogen) atoms. The van der Waals surface area contributed by atoms with Crippen LogP contribution in [0.25, 0.3) is 6.08 Å². The molecule has 132 valence electrons. The quantitative estimate of drug-likeness (QED) is 0.451. The van der Waals surface area contributed by atoms with Crippen molar-refractivity contribution in [2.75, 3.05) is 13.2 Å². The molecule has 0 unspecified atom stereocenters. The van der Waals surface area contributed by atoms with Crippen LogP contribution in [0.15, 0.2) is 60.9 Å². The molecule has 2 aromatic carbocycles. The molecule has 5 nitrogen and oxygen atoms in total. The first-order chi connectivity index (χ1) is 12.6. The summed E-state index contributed by atoms with van der Waals surface area (Å²) >= 11 is 0. The number of Topliss-reactive ketones (excluding diaryl/α,β-unsaturated/α-hetero) is 1. The van der Waals surface area contributed by atoms with Gasteiger partial charge in [-0.1, -0.05) is 24.8 Å². The molecule has 0 saturated carbocycles. The van der Waals surface area contributed by atoms with E-state index in [-0.39, 0.29) is 24.8 Å². The highest BCUT2D eigenvalue weighted by Crippen LogP contribution is 2.34. The first-order valence-electron chi connectivity index (χ1n) is 7.80. The molecule has 3 rings (SSSR count). The second kappa shape index (κ2) is 7.65. The summed E-state index contributed by atoms with van der Waals surface area (Å²) in [5.41, 5.74) is 0.886. The van der Waals surface area contributed by atoms with Crippen LogP contribution in [0.5, 0.6) is 11.5 Å². The van der Waals surface area contributed by atoms with Crippen LogP contribution < -0.4 is 9.47 Å². The molecule has 0 fully saturated rings. The summed E-state index contributed by atoms with van der Waals surface area (Å²) in [7, 11) is 0. The lowest BCUT2D eigenvalue weighted by atomic mass is 10.1. The minimum absolute atomic E-state index is 0.0909. The number of esters is 1. The molecule has 1 aliphatic heterocycles. The van der Waals surface area contributed by atoms with E-state index in [0.717, 1.165) is 0 Å². The monoisotopic (exact) mass is 354 g/mol. The molecule has 1 heterocycles. The number of hydrogen-bond acceptors (Lipinski definition) is 5. The molecule has 0 amide bonds. The van der Waals surface area contributed by atoms with Crippen molar-refractivity contribution in [3.8, 4) is 11.5 Å². The van der Waals surface area contributed by atoms with Gasteiger partial charge in [0.25, 0.3) is 0 Å². The molecular weight excluding hydrogens is 339 g/mol. The minimum Gasteiger partial charge on any atom is -0.482 e. The van der Waals surface area contributed by atoms with E-state index in [9.17, 15) is 14.0 Å². The van der Waals surface area contributed by atoms with E-state index < -0.39 is 11.8 Å². The Morgan fingerprint density at radius 2 is 2.08 bits per heavy atom. The summed E-state index contributed by atoms with van der Waals surface area (Å²) in [6.07, 6.45) is 2.93. The van der Waals surface area contributed by atoms with Gasteiger partial charge in [0.1, 0.15) is 23.9 Å². The van der Waals surface area contributed by atoms with E-state index in [1.165, 1.54) is 30.4 Å². The largest absolute Gasteiger partial charge is 0.482 e. The summed E-state index contributed by atoms with van der Waals surface area (Å²) in [5, 5.41) is 0. The Morgan fingerprint density at radius 1 is 1.23 bits per heavy atom. The fraction of sp³-hybridized carbons (Fsp3) is 0.100. The van der Waals surface area contributed by atoms with E-state index in [1.807, 2.05) is 0 Å². The molecular formula is C20H15FO5. The van der Waals surface area contributed by atoms with Crippen LogP contribution >= 0.6 is 0 Å². The van der Waals surface area contributed by atoms with Crippen LogP contribution in [-0.4, -0.2) is 25.0 Å². The van der Waals surface area contributed by atoms with E-state index in [0.29, 0.717) is 22.6 Å². The van der Waals surface area contributed by atoms with Crippen molar-refractivity contribution < 1.29 is 28.2 Å². The van der Waals surface area contributed by atoms with Crippen LogP contribution in [0, 0.1) is 5.82 Å². The van der Waals surface area contributed by atoms with Crippen molar-refractivity contribution in [2.45, 2.75) is 0 Å². The standard InChI is InChI=1S/C20H15FO5/c1-2-8-24-19(22)12-25-15-6-7-16-17(11-15)26-18(20(16)23)10-13-4-3-5-14(21)9-13/h2-7,9-11H,1,8,12H2. The Balaban J connectivity index is 1.72. The molecule has 0 aromatic heterocycles. The molecule has 0 aliphatic carbocycles. The van der Waals surface area contributed by atoms with Crippen LogP contribution in [0.2, 0.25) is 0 Å². The Morgan fingerprint density at radius 3 is 2.85 bits per heavy atom. The van der Waals surface area contributed by atoms with Crippen molar-refractivity contribution in [1.82, 2.24) is 0 Å². The van der Waals surface area contributed by atoms with Gasteiger partial charge < -0.3 is 14.2 Å². The van der Waals surface area contributed by atoms with Crippen molar-refractivity contribution in [1.29, 1.82) is 0 Å². The number of carbonyl (C=O) groups is 2. The van der Waals surface area contributed by atoms with Crippen molar-refractivity contribution in [3.05, 3.63) is 77.8 Å². The van der Waals surface area contributed by atoms with Crippen LogP contribution in [0.1, 0.15) is 15.9 Å². The van der Waals surface area contributed by atoms with Gasteiger partial charge in [-0.2, -0.15) is 0 Å². The lowest BCUT2D eigenvalue weighted by Crippen LogP contribution is -2.14. The third-order valence-electron chi connectivity index (χ3n) is 3.51. The fourth-order valence-corrected chi connectivity index (χ4v) is 2.34. The number of rotatable bonds is 6. The first kappa shape index (κ1) is 17.4. The summed E-state index contributed by atoms with van der Waals surface area (Å²) < 4.78 is 29.0. The molecule has 1 aliphatic rings. The van der Waals surface area contributed by atoms with E-state index in [2.05, 4.69) is 6.58 Å². The average molecular weight is 354 g/mol. The summed E-state index contributed by atoms with van der Waals surface area (Å²) in [5.74, 6) is -0.474. The van der Waals surface area contributed by atoms with Crippen molar-refractivity contribution in [2.24, 2.45) is 0 Å². The van der Waals surface area contributed by atoms with Crippen molar-refractivity contribution >= 4 is 17.8 Å². The number of allylic oxidation sites excluding steroid dienone is 1. The fourth-order valence-electron chi connectivity index (χ4n) is 2.34. The molecule has 0 N–H and O–H groups in total. The molecule has 6 heteroatoms. The Hall–Kier alpha value is -3.41. The zero-order chi connectivity index (χ0) is 18.5. The highest BCUT2D eigenvalue weighted by Gasteiger charge is 2.27. The van der Waals surface area contributed by atoms with E-state index in [4.69, 9.17) is 14.2 Å². The molecule has 0 bridgehead atoms. The normalized spacial score (nSPS) is 13.9. The maximum Gasteiger partial charge on any atom is 0.344 e. The topological polar surface area (TPSA) is 61.8 Å². The molecule has 0 atom stereocenters. The number of halogens is 1. The lowest BCUT2D eigenvalue weighted by molar-refractivity contribution is -0.144. The molecule has 0 radical (unpaired) electrons. The second-order valence-corrected chi connectivity index (χ2v) is 5.41. The van der Waals surface area contributed by atoms with Gasteiger partial charge >= 0.3 is 5.97 Å². The Bertz CT molecular complexity index is 901. The number of carbonyl (C=O) groups excluding carboxylic acids is 2. The van der Waals surface area contributed by atoms with Gasteiger partial charge in [0.2, 0.25) is 5.78 Å². The van der Waals surface area contributed by atoms with E-state index >= 15 is 0 Å². The number of fused-ring (bicyclic) bond motifs is 1. The molecule has 0 spiro atoms. The summed E-state index contributed by atoms with van der Waals surface area (Å²) in [6.45, 7) is 3.28. The number of ether oxygens (including phenoxy) is 3. The van der Waals surface area contributed by atoms with E-state index in [1.54, 1.807) is 24.3 Å². The van der Waals surface area contributed by atoms with Crippen molar-refractivity contribution in [3.63, 3.8) is 0 Å². The zero-order valence-electron chi connectivity index (χ0n) is 13.7. The summed E-state index contributed by atoms with van der Waals surface area (Å²) in [6, 6.07) is 10.5. The number of benzene rings is 2. The third kappa shape index (κ3) is 3.97. The van der Waals surface area contributed by atoms with Gasteiger partial charge in [0, 0.05) is 6.07 Å². The van der Waals surface area contributed by atoms with Crippen LogP contribution in [0.3, 0.4) is 0 Å². The minimum atomic E-state index is -0.533. The van der Waals surface area contributed by atoms with Gasteiger partial charge in [0.05, 0.1) is 5.56 Å². The second-order valence-electron chi connectivity index (χ2n) is 5.41. The number of hydrogen-bond donors (Lipinski definition) is 0. The average Bonchev–Trinajstić information content (AvgIpc) is 2.93. The predicted molar refractivity (Wildman–Crippen MR) is 92.4 cm³/mol. The highest BCUT2D eigenvalue weighted by molar-refractivity contribution is 6.14. The maximum absolute atomic E-state index is 13.3. The van der Waals surface area contributed by atoms with Gasteiger partial charge in [-0.05, 0) is 35.9 Å². The Kier molecular flexibility index (Phi) is 5.12. The van der Waals surface area contributed by atoms with Gasteiger partial charge in [-0.15, -0.1) is 0 Å². The van der Waals surface area contributed by atoms with Gasteiger partial charge in [0.15, 0.2) is 12.4 Å². The van der Waals surface area contributed by atoms with Gasteiger partial charge in [-0.25, -0.2) is 9.18 Å². The molecule has 0 saturated heterocycles. The Labute approximate surface area is 149 Å². The number of ketones is 1. The maximum atomic E-state index is 13.3. The highest BCUT2D eigenvalue weighted by atomic mass is 19.1. The van der Waals surface area contributed by atoms with Gasteiger partial charge in [-0.3, -0.25) is 4.79 Å². The lowest BCUT2D eigenvalue weighted by Gasteiger charge is -2.06. The zero-order valence-corrected chi connectivity index (χ0v) is 13.7. The first-order valence-corrected chi connectivity index (χ1v) is 7.80. The predicted octanol–water partition coefficient (Wildman–Crippen LogP) is 3.55. The van der Waals surface area contributed by atoms with Crippen LogP contribution in [-0.2, 0) is 9.53 Å². The van der Waals surface area contributed by atoms with Crippen LogP contribution in [0.4, 0.5) is 4.39 Å². The SMILES string of the molecule is C=CCOC(=O)COc1ccc2c(c1)OC(=Cc1cccc(F)c1)C2=O. The summed E-state index contributed by atoms with van der Waals surface area (Å²) in [4.78, 5) is 23.8. The third-order valence-corrected chi connectivity index (χ3v) is 3.51. The molecule has 2 aromatic rings.